The van der Waals surface area contributed by atoms with Crippen LogP contribution in [-0.2, 0) is 11.2 Å². The number of hydrogen-bond donors (Lipinski definition) is 1. The maximum Gasteiger partial charge on any atom is 0.411 e. The van der Waals surface area contributed by atoms with Gasteiger partial charge >= 0.3 is 12.2 Å². The summed E-state index contributed by atoms with van der Waals surface area (Å²) in [5.41, 5.74) is 0.399. The summed E-state index contributed by atoms with van der Waals surface area (Å²) >= 11 is 0. The molecule has 1 aromatic rings. The maximum atomic E-state index is 12.2. The molecule has 2 saturated heterocycles. The smallest absolute Gasteiger partial charge is 0.411 e. The largest absolute Gasteiger partial charge is 0.465 e. The summed E-state index contributed by atoms with van der Waals surface area (Å²) in [6, 6.07) is 9.34. The van der Waals surface area contributed by atoms with Crippen LogP contribution in [0.5, 0.6) is 0 Å². The van der Waals surface area contributed by atoms with Gasteiger partial charge in [-0.2, -0.15) is 0 Å². The Labute approximate surface area is 129 Å². The van der Waals surface area contributed by atoms with E-state index in [1.54, 1.807) is 4.90 Å². The molecule has 6 heteroatoms. The average Bonchev–Trinajstić information content (AvgIpc) is 2.70. The summed E-state index contributed by atoms with van der Waals surface area (Å²) in [4.78, 5) is 26.8. The Kier molecular flexibility index (Phi) is 3.47. The molecule has 0 aromatic heterocycles. The highest BCUT2D eigenvalue weighted by atomic mass is 16.6. The Bertz CT molecular complexity index is 587. The van der Waals surface area contributed by atoms with Crippen LogP contribution in [0.2, 0.25) is 0 Å². The minimum absolute atomic E-state index is 0.202. The molecule has 118 valence electrons. The van der Waals surface area contributed by atoms with E-state index in [4.69, 9.17) is 4.74 Å². The number of rotatable bonds is 2. The van der Waals surface area contributed by atoms with Gasteiger partial charge in [-0.3, -0.25) is 4.90 Å². The third kappa shape index (κ3) is 2.49. The van der Waals surface area contributed by atoms with Gasteiger partial charge in [-0.15, -0.1) is 0 Å². The maximum absolute atomic E-state index is 12.2. The van der Waals surface area contributed by atoms with Gasteiger partial charge in [0, 0.05) is 13.1 Å². The molecule has 2 aliphatic heterocycles. The van der Waals surface area contributed by atoms with E-state index >= 15 is 0 Å². The summed E-state index contributed by atoms with van der Waals surface area (Å²) in [6.45, 7) is 4.27. The molecular weight excluding hydrogens is 284 g/mol. The number of carbonyl (C=O) groups excluding carboxylic acids is 1. The molecule has 0 bridgehead atoms. The first-order valence-electron chi connectivity index (χ1n) is 7.41. The van der Waals surface area contributed by atoms with Crippen molar-refractivity contribution in [2.24, 2.45) is 0 Å². The van der Waals surface area contributed by atoms with Crippen molar-refractivity contribution in [3.05, 3.63) is 35.9 Å². The van der Waals surface area contributed by atoms with Gasteiger partial charge in [0.15, 0.2) is 0 Å². The van der Waals surface area contributed by atoms with Crippen LogP contribution in [0.3, 0.4) is 0 Å². The second kappa shape index (κ2) is 5.19. The zero-order valence-corrected chi connectivity index (χ0v) is 12.7. The van der Waals surface area contributed by atoms with Gasteiger partial charge in [0.05, 0.1) is 12.1 Å². The van der Waals surface area contributed by atoms with Crippen molar-refractivity contribution in [1.29, 1.82) is 0 Å². The fraction of sp³-hybridized carbons (Fsp3) is 0.500. The molecule has 0 aliphatic carbocycles. The first-order valence-corrected chi connectivity index (χ1v) is 7.41. The number of amides is 2. The number of nitrogens with zero attached hydrogens (tertiary/aromatic N) is 2. The quantitative estimate of drug-likeness (QED) is 0.909. The molecule has 22 heavy (non-hydrogen) atoms. The number of piperazine rings is 1. The predicted octanol–water partition coefficient (Wildman–Crippen LogP) is 2.19. The second-order valence-corrected chi connectivity index (χ2v) is 6.43. The van der Waals surface area contributed by atoms with Crippen molar-refractivity contribution in [3.8, 4) is 0 Å². The SMILES string of the molecule is CC1(C)OC(=O)N2C(Cc3ccccc3)CN(C(=O)O)CC21. The molecule has 3 rings (SSSR count). The lowest BCUT2D eigenvalue weighted by molar-refractivity contribution is 0.0292. The second-order valence-electron chi connectivity index (χ2n) is 6.43. The summed E-state index contributed by atoms with van der Waals surface area (Å²) in [6.07, 6.45) is -0.680. The highest BCUT2D eigenvalue weighted by Crippen LogP contribution is 2.35. The summed E-state index contributed by atoms with van der Waals surface area (Å²) in [5.74, 6) is 0. The Morgan fingerprint density at radius 1 is 1.32 bits per heavy atom. The van der Waals surface area contributed by atoms with Crippen LogP contribution in [0.15, 0.2) is 30.3 Å². The Morgan fingerprint density at radius 2 is 2.00 bits per heavy atom. The standard InChI is InChI=1S/C16H20N2O4/c1-16(2)13-10-17(14(19)20)9-12(18(13)15(21)22-16)8-11-6-4-3-5-7-11/h3-7,12-13H,8-10H2,1-2H3,(H,19,20). The van der Waals surface area contributed by atoms with Gasteiger partial charge in [-0.25, -0.2) is 9.59 Å². The summed E-state index contributed by atoms with van der Waals surface area (Å²) in [5, 5.41) is 9.36. The Hall–Kier alpha value is -2.24. The van der Waals surface area contributed by atoms with Gasteiger partial charge in [-0.05, 0) is 25.8 Å². The van der Waals surface area contributed by atoms with Crippen molar-refractivity contribution >= 4 is 12.2 Å². The molecule has 1 N–H and O–H groups in total. The lowest BCUT2D eigenvalue weighted by atomic mass is 9.92. The van der Waals surface area contributed by atoms with Crippen molar-refractivity contribution in [1.82, 2.24) is 9.80 Å². The number of carboxylic acid groups (broad SMARTS) is 1. The zero-order chi connectivity index (χ0) is 15.9. The molecule has 0 radical (unpaired) electrons. The lowest BCUT2D eigenvalue weighted by Crippen LogP contribution is -2.62. The summed E-state index contributed by atoms with van der Waals surface area (Å²) < 4.78 is 5.46. The Morgan fingerprint density at radius 3 is 2.64 bits per heavy atom. The van der Waals surface area contributed by atoms with Crippen LogP contribution in [0.4, 0.5) is 9.59 Å². The van der Waals surface area contributed by atoms with Crippen LogP contribution < -0.4 is 0 Å². The van der Waals surface area contributed by atoms with Crippen LogP contribution in [0, 0.1) is 0 Å². The molecule has 2 fully saturated rings. The van der Waals surface area contributed by atoms with E-state index in [-0.39, 0.29) is 18.2 Å². The van der Waals surface area contributed by atoms with E-state index in [2.05, 4.69) is 0 Å². The van der Waals surface area contributed by atoms with Crippen molar-refractivity contribution < 1.29 is 19.4 Å². The number of ether oxygens (including phenoxy) is 1. The third-order valence-electron chi connectivity index (χ3n) is 4.50. The highest BCUT2D eigenvalue weighted by molar-refractivity contribution is 5.73. The molecule has 0 saturated carbocycles. The van der Waals surface area contributed by atoms with E-state index in [1.807, 2.05) is 44.2 Å². The van der Waals surface area contributed by atoms with Crippen LogP contribution in [0.1, 0.15) is 19.4 Å². The van der Waals surface area contributed by atoms with E-state index in [0.717, 1.165) is 5.56 Å². The van der Waals surface area contributed by atoms with E-state index < -0.39 is 11.7 Å². The number of cyclic esters (lactones) is 1. The first-order chi connectivity index (χ1) is 10.4. The molecular formula is C16H20N2O4. The number of benzene rings is 1. The number of carbonyl (C=O) groups is 2. The van der Waals surface area contributed by atoms with Crippen LogP contribution in [-0.4, -0.2) is 57.9 Å². The third-order valence-corrected chi connectivity index (χ3v) is 4.50. The molecule has 6 nitrogen and oxygen atoms in total. The van der Waals surface area contributed by atoms with Gasteiger partial charge in [-0.1, -0.05) is 30.3 Å². The van der Waals surface area contributed by atoms with Crippen molar-refractivity contribution in [2.45, 2.75) is 38.0 Å². The van der Waals surface area contributed by atoms with Gasteiger partial charge in [0.2, 0.25) is 0 Å². The normalized spacial score (nSPS) is 26.5. The first kappa shape index (κ1) is 14.7. The fourth-order valence-corrected chi connectivity index (χ4v) is 3.35. The molecule has 2 atom stereocenters. The number of fused-ring (bicyclic) bond motifs is 1. The monoisotopic (exact) mass is 304 g/mol. The topological polar surface area (TPSA) is 70.1 Å². The van der Waals surface area contributed by atoms with Gasteiger partial charge < -0.3 is 14.7 Å². The fourth-order valence-electron chi connectivity index (χ4n) is 3.35. The molecule has 2 heterocycles. The van der Waals surface area contributed by atoms with Crippen LogP contribution in [0.25, 0.3) is 0 Å². The van der Waals surface area contributed by atoms with Crippen molar-refractivity contribution in [3.63, 3.8) is 0 Å². The minimum atomic E-state index is -0.951. The zero-order valence-electron chi connectivity index (χ0n) is 12.7. The molecule has 2 aliphatic rings. The lowest BCUT2D eigenvalue weighted by Gasteiger charge is -2.43. The predicted molar refractivity (Wildman–Crippen MR) is 79.7 cm³/mol. The average molecular weight is 304 g/mol. The molecule has 2 unspecified atom stereocenters. The van der Waals surface area contributed by atoms with Gasteiger partial charge in [0.1, 0.15) is 5.60 Å². The minimum Gasteiger partial charge on any atom is -0.465 e. The van der Waals surface area contributed by atoms with Crippen molar-refractivity contribution in [2.75, 3.05) is 13.1 Å². The highest BCUT2D eigenvalue weighted by Gasteiger charge is 2.54. The molecule has 2 amide bonds. The molecule has 1 aromatic carbocycles. The Balaban J connectivity index is 1.89. The summed E-state index contributed by atoms with van der Waals surface area (Å²) in [7, 11) is 0. The number of hydrogen-bond acceptors (Lipinski definition) is 3. The van der Waals surface area contributed by atoms with Crippen LogP contribution >= 0.6 is 0 Å². The van der Waals surface area contributed by atoms with E-state index in [0.29, 0.717) is 19.5 Å². The van der Waals surface area contributed by atoms with E-state index in [1.165, 1.54) is 4.90 Å². The van der Waals surface area contributed by atoms with Gasteiger partial charge in [0.25, 0.3) is 0 Å². The van der Waals surface area contributed by atoms with E-state index in [9.17, 15) is 14.7 Å². The molecule has 0 spiro atoms.